The maximum Gasteiger partial charge on any atom is 0.261 e. The third-order valence-electron chi connectivity index (χ3n) is 3.37. The van der Waals surface area contributed by atoms with Gasteiger partial charge in [0.2, 0.25) is 0 Å². The number of ether oxygens (including phenoxy) is 1. The number of hydrogen-bond acceptors (Lipinski definition) is 4. The Labute approximate surface area is 139 Å². The van der Waals surface area contributed by atoms with Gasteiger partial charge in [-0.15, -0.1) is 0 Å². The van der Waals surface area contributed by atoms with E-state index >= 15 is 0 Å². The Morgan fingerprint density at radius 2 is 2.17 bits per heavy atom. The summed E-state index contributed by atoms with van der Waals surface area (Å²) in [6.45, 7) is 3.37. The quantitative estimate of drug-likeness (QED) is 0.822. The molecule has 0 bridgehead atoms. The number of aromatic nitrogens is 2. The molecule has 6 nitrogen and oxygen atoms in total. The minimum Gasteiger partial charge on any atom is -0.481 e. The Hall–Kier alpha value is -2.34. The molecule has 0 saturated carbocycles. The molecule has 1 amide bonds. The highest BCUT2D eigenvalue weighted by Gasteiger charge is 2.16. The van der Waals surface area contributed by atoms with Crippen molar-refractivity contribution in [3.63, 3.8) is 0 Å². The number of imidazole rings is 1. The molecule has 1 unspecified atom stereocenters. The van der Waals surface area contributed by atoms with Gasteiger partial charge in [-0.2, -0.15) is 0 Å². The number of nitrogens with zero attached hydrogens (tertiary/aromatic N) is 2. The first-order valence-electron chi connectivity index (χ1n) is 7.10. The fraction of sp³-hybridized carbons (Fsp3) is 0.312. The lowest BCUT2D eigenvalue weighted by Crippen LogP contribution is -2.36. The van der Waals surface area contributed by atoms with Crippen LogP contribution in [0.15, 0.2) is 30.5 Å². The molecule has 1 aromatic carbocycles. The molecule has 0 radical (unpaired) electrons. The van der Waals surface area contributed by atoms with Gasteiger partial charge in [-0.3, -0.25) is 9.59 Å². The van der Waals surface area contributed by atoms with Crippen LogP contribution in [0.4, 0.5) is 0 Å². The predicted octanol–water partition coefficient (Wildman–Crippen LogP) is 2.36. The molecule has 1 atom stereocenters. The number of Topliss-reactive ketones (excluding diaryl/α,β-unsaturated/α-hetero) is 1. The van der Waals surface area contributed by atoms with Crippen molar-refractivity contribution in [3.8, 4) is 5.75 Å². The van der Waals surface area contributed by atoms with Crippen LogP contribution in [0.3, 0.4) is 0 Å². The Bertz CT molecular complexity index is 727. The number of amides is 1. The van der Waals surface area contributed by atoms with E-state index in [-0.39, 0.29) is 18.2 Å². The van der Waals surface area contributed by atoms with Crippen molar-refractivity contribution in [2.75, 3.05) is 0 Å². The van der Waals surface area contributed by atoms with Gasteiger partial charge in [-0.05, 0) is 26.0 Å². The van der Waals surface area contributed by atoms with Crippen LogP contribution in [0, 0.1) is 0 Å². The molecule has 7 heteroatoms. The number of rotatable bonds is 6. The zero-order chi connectivity index (χ0) is 17.0. The van der Waals surface area contributed by atoms with E-state index in [0.717, 1.165) is 0 Å². The average molecular weight is 336 g/mol. The van der Waals surface area contributed by atoms with Crippen LogP contribution in [-0.4, -0.2) is 27.3 Å². The van der Waals surface area contributed by atoms with E-state index in [1.54, 1.807) is 42.8 Å². The maximum absolute atomic E-state index is 12.1. The molecule has 1 N–H and O–H groups in total. The number of ketones is 1. The molecule has 23 heavy (non-hydrogen) atoms. The summed E-state index contributed by atoms with van der Waals surface area (Å²) in [6, 6.07) is 6.73. The van der Waals surface area contributed by atoms with Gasteiger partial charge in [-0.1, -0.05) is 23.7 Å². The maximum atomic E-state index is 12.1. The van der Waals surface area contributed by atoms with E-state index in [1.807, 2.05) is 0 Å². The smallest absolute Gasteiger partial charge is 0.261 e. The lowest BCUT2D eigenvalue weighted by Gasteiger charge is -2.15. The molecule has 2 rings (SSSR count). The fourth-order valence-corrected chi connectivity index (χ4v) is 2.09. The summed E-state index contributed by atoms with van der Waals surface area (Å²) < 4.78 is 7.26. The van der Waals surface area contributed by atoms with E-state index in [0.29, 0.717) is 22.3 Å². The SMILES string of the molecule is CC(=O)c1cccc(OC(C)C(=O)NCc2ncc(Cl)n2C)c1. The third kappa shape index (κ3) is 4.32. The summed E-state index contributed by atoms with van der Waals surface area (Å²) in [5.41, 5.74) is 0.540. The Morgan fingerprint density at radius 3 is 2.78 bits per heavy atom. The minimum absolute atomic E-state index is 0.0563. The topological polar surface area (TPSA) is 73.2 Å². The second kappa shape index (κ2) is 7.28. The van der Waals surface area contributed by atoms with E-state index in [9.17, 15) is 9.59 Å². The summed E-state index contributed by atoms with van der Waals surface area (Å²) in [4.78, 5) is 27.5. The summed E-state index contributed by atoms with van der Waals surface area (Å²) >= 11 is 5.89. The molecule has 0 aliphatic carbocycles. The van der Waals surface area contributed by atoms with Crippen molar-refractivity contribution < 1.29 is 14.3 Å². The summed E-state index contributed by atoms with van der Waals surface area (Å²) in [5.74, 6) is 0.783. The van der Waals surface area contributed by atoms with Crippen LogP contribution in [0.2, 0.25) is 5.15 Å². The predicted molar refractivity (Wildman–Crippen MR) is 86.6 cm³/mol. The Morgan fingerprint density at radius 1 is 1.43 bits per heavy atom. The Kier molecular flexibility index (Phi) is 5.39. The van der Waals surface area contributed by atoms with Gasteiger partial charge in [0.15, 0.2) is 11.9 Å². The fourth-order valence-electron chi connectivity index (χ4n) is 1.94. The van der Waals surface area contributed by atoms with E-state index < -0.39 is 6.10 Å². The number of hydrogen-bond donors (Lipinski definition) is 1. The first kappa shape index (κ1) is 17.0. The van der Waals surface area contributed by atoms with E-state index in [1.165, 1.54) is 13.1 Å². The van der Waals surface area contributed by atoms with Gasteiger partial charge in [0.25, 0.3) is 5.91 Å². The number of carbonyl (C=O) groups is 2. The molecule has 1 heterocycles. The van der Waals surface area contributed by atoms with Gasteiger partial charge in [-0.25, -0.2) is 4.98 Å². The van der Waals surface area contributed by atoms with Gasteiger partial charge < -0.3 is 14.6 Å². The molecule has 1 aromatic heterocycles. The Balaban J connectivity index is 1.93. The summed E-state index contributed by atoms with van der Waals surface area (Å²) in [5, 5.41) is 3.24. The van der Waals surface area contributed by atoms with Crippen molar-refractivity contribution in [2.24, 2.45) is 7.05 Å². The van der Waals surface area contributed by atoms with E-state index in [4.69, 9.17) is 16.3 Å². The molecular formula is C16H18ClN3O3. The van der Waals surface area contributed by atoms with Crippen LogP contribution in [0.1, 0.15) is 30.0 Å². The molecule has 0 aliphatic rings. The van der Waals surface area contributed by atoms with Gasteiger partial charge >= 0.3 is 0 Å². The number of benzene rings is 1. The van der Waals surface area contributed by atoms with Crippen molar-refractivity contribution in [1.29, 1.82) is 0 Å². The zero-order valence-corrected chi connectivity index (χ0v) is 13.9. The molecule has 122 valence electrons. The highest BCUT2D eigenvalue weighted by molar-refractivity contribution is 6.29. The van der Waals surface area contributed by atoms with Crippen LogP contribution >= 0.6 is 11.6 Å². The third-order valence-corrected chi connectivity index (χ3v) is 3.72. The van der Waals surface area contributed by atoms with Crippen molar-refractivity contribution in [2.45, 2.75) is 26.5 Å². The van der Waals surface area contributed by atoms with Crippen molar-refractivity contribution in [1.82, 2.24) is 14.9 Å². The van der Waals surface area contributed by atoms with Gasteiger partial charge in [0, 0.05) is 12.6 Å². The van der Waals surface area contributed by atoms with Crippen molar-refractivity contribution in [3.05, 3.63) is 47.0 Å². The lowest BCUT2D eigenvalue weighted by molar-refractivity contribution is -0.127. The van der Waals surface area contributed by atoms with E-state index in [2.05, 4.69) is 10.3 Å². The first-order valence-corrected chi connectivity index (χ1v) is 7.47. The highest BCUT2D eigenvalue weighted by atomic mass is 35.5. The normalized spacial score (nSPS) is 11.8. The molecule has 0 saturated heterocycles. The second-order valence-corrected chi connectivity index (χ2v) is 5.51. The summed E-state index contributed by atoms with van der Waals surface area (Å²) in [7, 11) is 1.77. The number of nitrogens with one attached hydrogen (secondary N) is 1. The highest BCUT2D eigenvalue weighted by Crippen LogP contribution is 2.15. The average Bonchev–Trinajstić information content (AvgIpc) is 2.84. The minimum atomic E-state index is -0.701. The first-order chi connectivity index (χ1) is 10.9. The largest absolute Gasteiger partial charge is 0.481 e. The van der Waals surface area contributed by atoms with Crippen molar-refractivity contribution >= 4 is 23.3 Å². The van der Waals surface area contributed by atoms with Gasteiger partial charge in [0.05, 0.1) is 12.7 Å². The lowest BCUT2D eigenvalue weighted by atomic mass is 10.1. The monoisotopic (exact) mass is 335 g/mol. The van der Waals surface area contributed by atoms with Gasteiger partial charge in [0.1, 0.15) is 16.7 Å². The molecule has 0 spiro atoms. The van der Waals surface area contributed by atoms with Crippen LogP contribution in [0.5, 0.6) is 5.75 Å². The van der Waals surface area contributed by atoms with Crippen LogP contribution in [0.25, 0.3) is 0 Å². The molecular weight excluding hydrogens is 318 g/mol. The molecule has 0 aliphatic heterocycles. The second-order valence-electron chi connectivity index (χ2n) is 5.12. The number of halogens is 1. The standard InChI is InChI=1S/C16H18ClN3O3/c1-10(21)12-5-4-6-13(7-12)23-11(2)16(22)19-9-15-18-8-14(17)20(15)3/h4-8,11H,9H2,1-3H3,(H,19,22). The number of carbonyl (C=O) groups excluding carboxylic acids is 2. The van der Waals surface area contributed by atoms with Crippen LogP contribution in [-0.2, 0) is 18.4 Å². The molecule has 0 fully saturated rings. The molecule has 2 aromatic rings. The zero-order valence-electron chi connectivity index (χ0n) is 13.2. The van der Waals surface area contributed by atoms with Crippen LogP contribution < -0.4 is 10.1 Å². The summed E-state index contributed by atoms with van der Waals surface area (Å²) in [6.07, 6.45) is 0.823.